The Hall–Kier alpha value is -0.650. The second-order valence-electron chi connectivity index (χ2n) is 2.62. The zero-order valence-electron chi connectivity index (χ0n) is 7.37. The van der Waals surface area contributed by atoms with Gasteiger partial charge in [-0.15, -0.1) is 11.3 Å². The van der Waals surface area contributed by atoms with Gasteiger partial charge in [0.15, 0.2) is 5.13 Å². The van der Waals surface area contributed by atoms with E-state index in [-0.39, 0.29) is 0 Å². The lowest BCUT2D eigenvalue weighted by atomic mass is 10.4. The minimum Gasteiger partial charge on any atom is -0.301 e. The molecule has 0 spiro atoms. The lowest BCUT2D eigenvalue weighted by Gasteiger charge is -2.10. The van der Waals surface area contributed by atoms with Crippen LogP contribution in [0, 0.1) is 0 Å². The summed E-state index contributed by atoms with van der Waals surface area (Å²) >= 11 is 1.53. The van der Waals surface area contributed by atoms with E-state index in [1.54, 1.807) is 0 Å². The number of aromatic nitrogens is 1. The standard InChI is InChI=1S/C7H14N4S/c1-3-11(2)4-6-5-12-7(9-6)10-8/h5H,3-4,8H2,1-2H3,(H,9,10). The van der Waals surface area contributed by atoms with E-state index >= 15 is 0 Å². The van der Waals surface area contributed by atoms with Gasteiger partial charge in [0.05, 0.1) is 5.69 Å². The van der Waals surface area contributed by atoms with Gasteiger partial charge in [-0.25, -0.2) is 10.8 Å². The molecule has 0 bridgehead atoms. The van der Waals surface area contributed by atoms with Crippen molar-refractivity contribution in [1.82, 2.24) is 9.88 Å². The van der Waals surface area contributed by atoms with Crippen molar-refractivity contribution in [3.63, 3.8) is 0 Å². The van der Waals surface area contributed by atoms with Crippen molar-refractivity contribution in [2.75, 3.05) is 19.0 Å². The minimum atomic E-state index is 0.773. The molecular weight excluding hydrogens is 172 g/mol. The number of hydrogen-bond acceptors (Lipinski definition) is 5. The van der Waals surface area contributed by atoms with E-state index in [9.17, 15) is 0 Å². The molecule has 0 unspecified atom stereocenters. The molecule has 12 heavy (non-hydrogen) atoms. The topological polar surface area (TPSA) is 54.2 Å². The molecule has 1 aromatic heterocycles. The molecule has 3 N–H and O–H groups in total. The monoisotopic (exact) mass is 186 g/mol. The summed E-state index contributed by atoms with van der Waals surface area (Å²) in [5.41, 5.74) is 3.59. The van der Waals surface area contributed by atoms with Crippen LogP contribution < -0.4 is 11.3 Å². The molecule has 0 aliphatic carbocycles. The summed E-state index contributed by atoms with van der Waals surface area (Å²) in [6, 6.07) is 0. The van der Waals surface area contributed by atoms with Crippen LogP contribution in [0.5, 0.6) is 0 Å². The summed E-state index contributed by atoms with van der Waals surface area (Å²) in [6.45, 7) is 4.03. The zero-order chi connectivity index (χ0) is 8.97. The normalized spacial score (nSPS) is 10.7. The van der Waals surface area contributed by atoms with E-state index in [4.69, 9.17) is 5.84 Å². The predicted octanol–water partition coefficient (Wildman–Crippen LogP) is 0.880. The fourth-order valence-corrected chi connectivity index (χ4v) is 1.45. The summed E-state index contributed by atoms with van der Waals surface area (Å²) in [4.78, 5) is 6.45. The van der Waals surface area contributed by atoms with Crippen LogP contribution in [0.15, 0.2) is 5.38 Å². The fourth-order valence-electron chi connectivity index (χ4n) is 0.834. The first-order valence-corrected chi connectivity index (χ1v) is 4.73. The van der Waals surface area contributed by atoms with Gasteiger partial charge in [-0.05, 0) is 13.6 Å². The third-order valence-electron chi connectivity index (χ3n) is 1.65. The van der Waals surface area contributed by atoms with Gasteiger partial charge in [0.2, 0.25) is 0 Å². The van der Waals surface area contributed by atoms with Crippen LogP contribution >= 0.6 is 11.3 Å². The largest absolute Gasteiger partial charge is 0.301 e. The molecule has 0 aliphatic rings. The third-order valence-corrected chi connectivity index (χ3v) is 2.47. The average molecular weight is 186 g/mol. The number of nitrogens with zero attached hydrogens (tertiary/aromatic N) is 2. The predicted molar refractivity (Wildman–Crippen MR) is 51.9 cm³/mol. The molecule has 1 rings (SSSR count). The average Bonchev–Trinajstić information content (AvgIpc) is 2.52. The smallest absolute Gasteiger partial charge is 0.197 e. The highest BCUT2D eigenvalue weighted by Crippen LogP contribution is 2.14. The highest BCUT2D eigenvalue weighted by molar-refractivity contribution is 7.13. The zero-order valence-corrected chi connectivity index (χ0v) is 8.19. The number of anilines is 1. The molecule has 0 saturated heterocycles. The summed E-state index contributed by atoms with van der Waals surface area (Å²) in [5.74, 6) is 5.21. The van der Waals surface area contributed by atoms with Crippen LogP contribution in [-0.2, 0) is 6.54 Å². The molecule has 4 nitrogen and oxygen atoms in total. The van der Waals surface area contributed by atoms with Gasteiger partial charge in [0.25, 0.3) is 0 Å². The van der Waals surface area contributed by atoms with E-state index in [2.05, 4.69) is 29.3 Å². The molecular formula is C7H14N4S. The molecule has 0 atom stereocenters. The number of nitrogens with one attached hydrogen (secondary N) is 1. The number of hydrazine groups is 1. The minimum absolute atomic E-state index is 0.773. The Morgan fingerprint density at radius 1 is 1.75 bits per heavy atom. The number of rotatable bonds is 4. The number of nitrogens with two attached hydrogens (primary N) is 1. The maximum absolute atomic E-state index is 5.21. The van der Waals surface area contributed by atoms with Crippen molar-refractivity contribution in [2.24, 2.45) is 5.84 Å². The SMILES string of the molecule is CCN(C)Cc1csc(NN)n1. The first kappa shape index (κ1) is 9.44. The molecule has 0 amide bonds. The second-order valence-corrected chi connectivity index (χ2v) is 3.48. The quantitative estimate of drug-likeness (QED) is 0.541. The summed E-state index contributed by atoms with van der Waals surface area (Å²) in [5, 5.41) is 2.79. The molecule has 5 heteroatoms. The molecule has 0 aromatic carbocycles. The Morgan fingerprint density at radius 2 is 2.50 bits per heavy atom. The maximum atomic E-state index is 5.21. The fraction of sp³-hybridized carbons (Fsp3) is 0.571. The van der Waals surface area contributed by atoms with Crippen molar-refractivity contribution < 1.29 is 0 Å². The first-order chi connectivity index (χ1) is 5.76. The molecule has 0 aliphatic heterocycles. The number of thiazole rings is 1. The Kier molecular flexibility index (Phi) is 3.46. The van der Waals surface area contributed by atoms with E-state index < -0.39 is 0 Å². The van der Waals surface area contributed by atoms with Crippen molar-refractivity contribution in [3.05, 3.63) is 11.1 Å². The number of nitrogen functional groups attached to an aromatic ring is 1. The van der Waals surface area contributed by atoms with Crippen molar-refractivity contribution >= 4 is 16.5 Å². The van der Waals surface area contributed by atoms with E-state index in [0.29, 0.717) is 0 Å². The van der Waals surface area contributed by atoms with E-state index in [1.807, 2.05) is 5.38 Å². The van der Waals surface area contributed by atoms with Crippen LogP contribution in [0.3, 0.4) is 0 Å². The van der Waals surface area contributed by atoms with Crippen LogP contribution in [0.1, 0.15) is 12.6 Å². The van der Waals surface area contributed by atoms with Crippen molar-refractivity contribution in [3.8, 4) is 0 Å². The summed E-state index contributed by atoms with van der Waals surface area (Å²) < 4.78 is 0. The Labute approximate surface area is 76.4 Å². The summed E-state index contributed by atoms with van der Waals surface area (Å²) in [6.07, 6.45) is 0. The molecule has 0 saturated carbocycles. The van der Waals surface area contributed by atoms with Crippen LogP contribution in [0.25, 0.3) is 0 Å². The Morgan fingerprint density at radius 3 is 3.00 bits per heavy atom. The Bertz CT molecular complexity index is 235. The van der Waals surface area contributed by atoms with Crippen LogP contribution in [0.4, 0.5) is 5.13 Å². The Balaban J connectivity index is 2.52. The molecule has 68 valence electrons. The molecule has 0 radical (unpaired) electrons. The van der Waals surface area contributed by atoms with E-state index in [0.717, 1.165) is 23.9 Å². The highest BCUT2D eigenvalue weighted by atomic mass is 32.1. The van der Waals surface area contributed by atoms with Crippen LogP contribution in [-0.4, -0.2) is 23.5 Å². The van der Waals surface area contributed by atoms with Gasteiger partial charge in [-0.2, -0.15) is 0 Å². The highest BCUT2D eigenvalue weighted by Gasteiger charge is 2.02. The van der Waals surface area contributed by atoms with Gasteiger partial charge in [-0.3, -0.25) is 5.43 Å². The first-order valence-electron chi connectivity index (χ1n) is 3.85. The van der Waals surface area contributed by atoms with Gasteiger partial charge in [0.1, 0.15) is 0 Å². The lowest BCUT2D eigenvalue weighted by Crippen LogP contribution is -2.17. The van der Waals surface area contributed by atoms with Gasteiger partial charge >= 0.3 is 0 Å². The van der Waals surface area contributed by atoms with Gasteiger partial charge < -0.3 is 4.90 Å². The second kappa shape index (κ2) is 4.39. The third kappa shape index (κ3) is 2.44. The van der Waals surface area contributed by atoms with Crippen LogP contribution in [0.2, 0.25) is 0 Å². The van der Waals surface area contributed by atoms with Crippen molar-refractivity contribution in [1.29, 1.82) is 0 Å². The van der Waals surface area contributed by atoms with Gasteiger partial charge in [-0.1, -0.05) is 6.92 Å². The summed E-state index contributed by atoms with van der Waals surface area (Å²) in [7, 11) is 2.06. The van der Waals surface area contributed by atoms with Gasteiger partial charge in [0, 0.05) is 11.9 Å². The van der Waals surface area contributed by atoms with E-state index in [1.165, 1.54) is 11.3 Å². The molecule has 1 aromatic rings. The maximum Gasteiger partial charge on any atom is 0.197 e. The molecule has 1 heterocycles. The molecule has 0 fully saturated rings. The lowest BCUT2D eigenvalue weighted by molar-refractivity contribution is 0.342. The van der Waals surface area contributed by atoms with Crippen molar-refractivity contribution in [2.45, 2.75) is 13.5 Å². The number of hydrogen-bond donors (Lipinski definition) is 2.